The van der Waals surface area contributed by atoms with Crippen LogP contribution < -0.4 is 5.73 Å². The minimum Gasteiger partial charge on any atom is -0.383 e. The Morgan fingerprint density at radius 1 is 1.57 bits per heavy atom. The highest BCUT2D eigenvalue weighted by Crippen LogP contribution is 2.16. The molecule has 0 aliphatic rings. The number of thiol groups is 1. The van der Waals surface area contributed by atoms with Crippen LogP contribution in [0.4, 0.5) is 0 Å². The van der Waals surface area contributed by atoms with Crippen molar-refractivity contribution in [2.45, 2.75) is 11.5 Å². The first-order valence-electron chi connectivity index (χ1n) is 4.22. The van der Waals surface area contributed by atoms with Gasteiger partial charge in [-0.15, -0.1) is 12.6 Å². The van der Waals surface area contributed by atoms with E-state index in [2.05, 4.69) is 17.6 Å². The number of aliphatic imine (C=N–C) groups is 1. The Labute approximate surface area is 89.4 Å². The molecular weight excluding hydrogens is 196 g/mol. The summed E-state index contributed by atoms with van der Waals surface area (Å²) in [5, 5.41) is 0. The monoisotopic (exact) mass is 210 g/mol. The number of amidine groups is 1. The lowest BCUT2D eigenvalue weighted by molar-refractivity contribution is 0.184. The van der Waals surface area contributed by atoms with E-state index in [9.17, 15) is 0 Å². The zero-order valence-electron chi connectivity index (χ0n) is 8.32. The predicted octanol–water partition coefficient (Wildman–Crippen LogP) is 1.46. The molecule has 0 amide bonds. The van der Waals surface area contributed by atoms with Gasteiger partial charge in [-0.25, -0.2) is 0 Å². The average molecular weight is 210 g/mol. The van der Waals surface area contributed by atoms with Gasteiger partial charge in [0.05, 0.1) is 6.61 Å². The molecule has 0 atom stereocenters. The predicted molar refractivity (Wildman–Crippen MR) is 61.1 cm³/mol. The van der Waals surface area contributed by atoms with Gasteiger partial charge in [-0.2, -0.15) is 0 Å². The van der Waals surface area contributed by atoms with Gasteiger partial charge in [0.15, 0.2) is 0 Å². The fourth-order valence-electron chi connectivity index (χ4n) is 1.17. The van der Waals surface area contributed by atoms with Crippen LogP contribution in [0.2, 0.25) is 0 Å². The summed E-state index contributed by atoms with van der Waals surface area (Å²) in [6, 6.07) is 5.79. The summed E-state index contributed by atoms with van der Waals surface area (Å²) in [6.07, 6.45) is 0. The Hall–Kier alpha value is -1.00. The number of methoxy groups -OCH3 is 1. The minimum absolute atomic E-state index is 0.499. The van der Waals surface area contributed by atoms with Crippen molar-refractivity contribution in [1.82, 2.24) is 0 Å². The van der Waals surface area contributed by atoms with E-state index in [-0.39, 0.29) is 0 Å². The maximum Gasteiger partial charge on any atom is 0.126 e. The molecule has 4 heteroatoms. The fourth-order valence-corrected chi connectivity index (χ4v) is 1.53. The van der Waals surface area contributed by atoms with Gasteiger partial charge < -0.3 is 10.5 Å². The third-order valence-electron chi connectivity index (χ3n) is 1.89. The van der Waals surface area contributed by atoms with E-state index in [4.69, 9.17) is 10.5 Å². The normalized spacial score (nSPS) is 11.8. The number of nitrogens with two attached hydrogens (primary N) is 1. The summed E-state index contributed by atoms with van der Waals surface area (Å²) < 4.78 is 5.01. The molecule has 0 aliphatic carbocycles. The summed E-state index contributed by atoms with van der Waals surface area (Å²) in [5.74, 6) is 0.499. The van der Waals surface area contributed by atoms with Crippen LogP contribution in [0.3, 0.4) is 0 Å². The van der Waals surface area contributed by atoms with Crippen LogP contribution in [0.5, 0.6) is 0 Å². The van der Waals surface area contributed by atoms with Gasteiger partial charge in [0.25, 0.3) is 0 Å². The lowest BCUT2D eigenvalue weighted by Gasteiger charge is -2.06. The van der Waals surface area contributed by atoms with Crippen LogP contribution in [0.15, 0.2) is 28.1 Å². The second-order valence-electron chi connectivity index (χ2n) is 2.89. The number of hydrogen-bond acceptors (Lipinski definition) is 3. The zero-order chi connectivity index (χ0) is 10.6. The Morgan fingerprint density at radius 2 is 2.29 bits per heavy atom. The van der Waals surface area contributed by atoms with Crippen LogP contribution in [-0.2, 0) is 11.3 Å². The van der Waals surface area contributed by atoms with Crippen molar-refractivity contribution >= 4 is 18.5 Å². The van der Waals surface area contributed by atoms with Crippen molar-refractivity contribution in [2.75, 3.05) is 14.2 Å². The Morgan fingerprint density at radius 3 is 2.79 bits per heavy atom. The van der Waals surface area contributed by atoms with Crippen LogP contribution in [0.1, 0.15) is 11.1 Å². The zero-order valence-corrected chi connectivity index (χ0v) is 9.21. The third-order valence-corrected chi connectivity index (χ3v) is 2.26. The number of nitrogens with zero attached hydrogens (tertiary/aromatic N) is 1. The van der Waals surface area contributed by atoms with Crippen LogP contribution in [0.25, 0.3) is 0 Å². The molecule has 0 aliphatic heterocycles. The maximum atomic E-state index is 5.69. The van der Waals surface area contributed by atoms with Crippen molar-refractivity contribution in [3.05, 3.63) is 29.3 Å². The van der Waals surface area contributed by atoms with Gasteiger partial charge >= 0.3 is 0 Å². The molecule has 1 aromatic carbocycles. The molecule has 0 bridgehead atoms. The van der Waals surface area contributed by atoms with Crippen LogP contribution in [0, 0.1) is 0 Å². The molecular formula is C10H14N2OS. The molecule has 76 valence electrons. The van der Waals surface area contributed by atoms with E-state index in [0.717, 1.165) is 16.0 Å². The molecule has 3 nitrogen and oxygen atoms in total. The molecule has 0 heterocycles. The van der Waals surface area contributed by atoms with Gasteiger partial charge in [-0.05, 0) is 17.7 Å². The van der Waals surface area contributed by atoms with Gasteiger partial charge in [-0.1, -0.05) is 6.07 Å². The first-order chi connectivity index (χ1) is 6.69. The van der Waals surface area contributed by atoms with Crippen molar-refractivity contribution in [2.24, 2.45) is 10.7 Å². The molecule has 1 aromatic rings. The highest BCUT2D eigenvalue weighted by Gasteiger charge is 2.03. The Bertz CT molecular complexity index is 350. The highest BCUT2D eigenvalue weighted by atomic mass is 32.1. The average Bonchev–Trinajstić information content (AvgIpc) is 2.17. The Balaban J connectivity index is 3.01. The van der Waals surface area contributed by atoms with Gasteiger partial charge in [0.2, 0.25) is 0 Å². The van der Waals surface area contributed by atoms with E-state index < -0.39 is 0 Å². The summed E-state index contributed by atoms with van der Waals surface area (Å²) in [6.45, 7) is 0.580. The number of ether oxygens (including phenoxy) is 1. The van der Waals surface area contributed by atoms with Crippen molar-refractivity contribution in [3.8, 4) is 0 Å². The van der Waals surface area contributed by atoms with Crippen molar-refractivity contribution < 1.29 is 4.74 Å². The van der Waals surface area contributed by atoms with E-state index in [1.54, 1.807) is 14.2 Å². The van der Waals surface area contributed by atoms with Crippen molar-refractivity contribution in [1.29, 1.82) is 0 Å². The topological polar surface area (TPSA) is 47.6 Å². The quantitative estimate of drug-likeness (QED) is 0.451. The van der Waals surface area contributed by atoms with Crippen molar-refractivity contribution in [3.63, 3.8) is 0 Å². The molecule has 0 aromatic heterocycles. The van der Waals surface area contributed by atoms with Gasteiger partial charge in [0.1, 0.15) is 5.84 Å². The standard InChI is InChI=1S/C10H14N2OS/c1-12-10(11)8-4-3-7(6-13-2)5-9(8)14/h3-5,14H,6H2,1-2H3,(H2,11,12). The van der Waals surface area contributed by atoms with Crippen LogP contribution in [-0.4, -0.2) is 20.0 Å². The third kappa shape index (κ3) is 2.49. The molecule has 0 unspecified atom stereocenters. The molecule has 1 rings (SSSR count). The highest BCUT2D eigenvalue weighted by molar-refractivity contribution is 7.80. The fraction of sp³-hybridized carbons (Fsp3) is 0.300. The molecule has 0 saturated heterocycles. The van der Waals surface area contributed by atoms with E-state index >= 15 is 0 Å². The summed E-state index contributed by atoms with van der Waals surface area (Å²) in [7, 11) is 3.32. The van der Waals surface area contributed by atoms with E-state index in [0.29, 0.717) is 12.4 Å². The lowest BCUT2D eigenvalue weighted by Crippen LogP contribution is -2.13. The molecule has 0 radical (unpaired) electrons. The molecule has 14 heavy (non-hydrogen) atoms. The first-order valence-corrected chi connectivity index (χ1v) is 4.67. The smallest absolute Gasteiger partial charge is 0.126 e. The minimum atomic E-state index is 0.499. The number of rotatable bonds is 3. The van der Waals surface area contributed by atoms with Gasteiger partial charge in [0, 0.05) is 24.6 Å². The Kier molecular flexibility index (Phi) is 3.98. The maximum absolute atomic E-state index is 5.69. The molecule has 0 spiro atoms. The lowest BCUT2D eigenvalue weighted by atomic mass is 10.1. The second kappa shape index (κ2) is 5.02. The summed E-state index contributed by atoms with van der Waals surface area (Å²) >= 11 is 4.34. The van der Waals surface area contributed by atoms with Crippen LogP contribution >= 0.6 is 12.6 Å². The van der Waals surface area contributed by atoms with E-state index in [1.165, 1.54) is 0 Å². The van der Waals surface area contributed by atoms with Gasteiger partial charge in [-0.3, -0.25) is 4.99 Å². The SMILES string of the molecule is CN=C(N)c1ccc(COC)cc1S. The molecule has 0 saturated carbocycles. The number of benzene rings is 1. The summed E-state index contributed by atoms with van der Waals surface area (Å²) in [4.78, 5) is 4.73. The molecule has 2 N–H and O–H groups in total. The van der Waals surface area contributed by atoms with E-state index in [1.807, 2.05) is 18.2 Å². The first kappa shape index (κ1) is 11.1. The largest absolute Gasteiger partial charge is 0.383 e. The second-order valence-corrected chi connectivity index (χ2v) is 3.38. The number of hydrogen-bond donors (Lipinski definition) is 2. The summed E-state index contributed by atoms with van der Waals surface area (Å²) in [5.41, 5.74) is 7.62. The molecule has 0 fully saturated rings.